The van der Waals surface area contributed by atoms with E-state index in [4.69, 9.17) is 0 Å². The van der Waals surface area contributed by atoms with Gasteiger partial charge in [-0.05, 0) is 32.4 Å². The molecule has 1 fully saturated rings. The molecule has 7 nitrogen and oxygen atoms in total. The fourth-order valence-electron chi connectivity index (χ4n) is 3.55. The molecule has 3 heterocycles. The number of imide groups is 1. The van der Waals surface area contributed by atoms with E-state index in [0.717, 1.165) is 16.9 Å². The molecule has 1 aromatic rings. The quantitative estimate of drug-likeness (QED) is 0.850. The van der Waals surface area contributed by atoms with Crippen molar-refractivity contribution < 1.29 is 9.59 Å². The van der Waals surface area contributed by atoms with Crippen molar-refractivity contribution in [2.75, 3.05) is 11.9 Å². The third-order valence-corrected chi connectivity index (χ3v) is 4.75. The summed E-state index contributed by atoms with van der Waals surface area (Å²) < 4.78 is 0. The molecule has 0 spiro atoms. The summed E-state index contributed by atoms with van der Waals surface area (Å²) in [6.07, 6.45) is 1.42. The van der Waals surface area contributed by atoms with Crippen molar-refractivity contribution >= 4 is 23.6 Å². The monoisotopic (exact) mass is 325 g/mol. The second-order valence-corrected chi connectivity index (χ2v) is 6.50. The number of aliphatic imine (C=N–C) groups is 1. The third-order valence-electron chi connectivity index (χ3n) is 4.75. The van der Waals surface area contributed by atoms with Crippen molar-refractivity contribution in [3.8, 4) is 0 Å². The molecule has 3 aliphatic heterocycles. The maximum atomic E-state index is 12.3. The lowest BCUT2D eigenvalue weighted by molar-refractivity contribution is -0.126. The number of benzene rings is 1. The van der Waals surface area contributed by atoms with Crippen LogP contribution in [-0.4, -0.2) is 47.0 Å². The van der Waals surface area contributed by atoms with Crippen molar-refractivity contribution in [2.45, 2.75) is 33.0 Å². The number of carbonyl (C=O) groups is 2. The molecule has 124 valence electrons. The first-order chi connectivity index (χ1) is 11.4. The SMILES string of the molecule is CC1=CN2C(=NC3C2C(=O)NC(=O)N3C)N1c1ccc(C)cc1C. The molecule has 0 saturated carbocycles. The molecule has 1 N–H and O–H groups in total. The highest BCUT2D eigenvalue weighted by molar-refractivity contribution is 6.10. The normalized spacial score (nSPS) is 25.4. The fourth-order valence-corrected chi connectivity index (χ4v) is 3.55. The number of amides is 3. The maximum Gasteiger partial charge on any atom is 0.325 e. The highest BCUT2D eigenvalue weighted by atomic mass is 16.2. The van der Waals surface area contributed by atoms with Crippen LogP contribution in [0.2, 0.25) is 0 Å². The Morgan fingerprint density at radius 3 is 2.62 bits per heavy atom. The number of nitrogens with zero attached hydrogens (tertiary/aromatic N) is 4. The first kappa shape index (κ1) is 14.7. The highest BCUT2D eigenvalue weighted by Gasteiger charge is 2.51. The predicted octanol–water partition coefficient (Wildman–Crippen LogP) is 1.53. The van der Waals surface area contributed by atoms with E-state index >= 15 is 0 Å². The van der Waals surface area contributed by atoms with Gasteiger partial charge in [-0.2, -0.15) is 0 Å². The van der Waals surface area contributed by atoms with E-state index in [0.29, 0.717) is 5.96 Å². The Morgan fingerprint density at radius 2 is 1.92 bits per heavy atom. The largest absolute Gasteiger partial charge is 0.325 e. The van der Waals surface area contributed by atoms with Crippen LogP contribution in [0.15, 0.2) is 35.1 Å². The Balaban J connectivity index is 1.78. The van der Waals surface area contributed by atoms with Crippen LogP contribution >= 0.6 is 0 Å². The van der Waals surface area contributed by atoms with Gasteiger partial charge in [-0.15, -0.1) is 0 Å². The number of rotatable bonds is 1. The number of urea groups is 1. The highest BCUT2D eigenvalue weighted by Crippen LogP contribution is 2.36. The van der Waals surface area contributed by atoms with Crippen LogP contribution < -0.4 is 10.2 Å². The van der Waals surface area contributed by atoms with Gasteiger partial charge in [0.15, 0.2) is 12.2 Å². The van der Waals surface area contributed by atoms with Gasteiger partial charge in [-0.1, -0.05) is 17.7 Å². The zero-order chi connectivity index (χ0) is 17.2. The molecule has 4 rings (SSSR count). The maximum absolute atomic E-state index is 12.3. The number of anilines is 1. The Kier molecular flexibility index (Phi) is 2.97. The molecule has 0 aromatic heterocycles. The zero-order valence-corrected chi connectivity index (χ0v) is 14.1. The van der Waals surface area contributed by atoms with E-state index in [1.807, 2.05) is 22.9 Å². The number of nitrogens with one attached hydrogen (secondary N) is 1. The van der Waals surface area contributed by atoms with Crippen LogP contribution in [0.5, 0.6) is 0 Å². The van der Waals surface area contributed by atoms with Crippen LogP contribution in [0.25, 0.3) is 0 Å². The standard InChI is InChI=1S/C17H19N5O2/c1-9-5-6-12(10(2)7-9)22-11(3)8-21-13-14(18-16(21)22)20(4)17(24)19-15(13)23/h5-8,13-14H,1-4H3,(H,19,23,24). The first-order valence-corrected chi connectivity index (χ1v) is 7.88. The average Bonchev–Trinajstić information content (AvgIpc) is 3.01. The van der Waals surface area contributed by atoms with Gasteiger partial charge in [-0.3, -0.25) is 15.0 Å². The molecule has 2 atom stereocenters. The number of hydrogen-bond donors (Lipinski definition) is 1. The van der Waals surface area contributed by atoms with Crippen molar-refractivity contribution in [1.29, 1.82) is 0 Å². The summed E-state index contributed by atoms with van der Waals surface area (Å²) in [6, 6.07) is 5.31. The summed E-state index contributed by atoms with van der Waals surface area (Å²) in [5.41, 5.74) is 4.35. The van der Waals surface area contributed by atoms with Gasteiger partial charge >= 0.3 is 6.03 Å². The van der Waals surface area contributed by atoms with E-state index in [-0.39, 0.29) is 5.91 Å². The summed E-state index contributed by atoms with van der Waals surface area (Å²) in [5.74, 6) is 0.375. The molecule has 0 aliphatic carbocycles. The van der Waals surface area contributed by atoms with Crippen LogP contribution in [0.3, 0.4) is 0 Å². The number of aryl methyl sites for hydroxylation is 2. The topological polar surface area (TPSA) is 68.2 Å². The predicted molar refractivity (Wildman–Crippen MR) is 90.3 cm³/mol. The van der Waals surface area contributed by atoms with Gasteiger partial charge in [0.05, 0.1) is 5.69 Å². The lowest BCUT2D eigenvalue weighted by Gasteiger charge is -2.34. The van der Waals surface area contributed by atoms with E-state index in [2.05, 4.69) is 42.4 Å². The Bertz CT molecular complexity index is 828. The second-order valence-electron chi connectivity index (χ2n) is 6.50. The van der Waals surface area contributed by atoms with Crippen LogP contribution in [0.1, 0.15) is 18.1 Å². The minimum absolute atomic E-state index is 0.312. The smallest absolute Gasteiger partial charge is 0.303 e. The summed E-state index contributed by atoms with van der Waals surface area (Å²) >= 11 is 0. The number of hydrogen-bond acceptors (Lipinski definition) is 5. The zero-order valence-electron chi connectivity index (χ0n) is 14.1. The van der Waals surface area contributed by atoms with Crippen molar-refractivity contribution in [3.63, 3.8) is 0 Å². The summed E-state index contributed by atoms with van der Waals surface area (Å²) in [4.78, 5) is 34.2. The second kappa shape index (κ2) is 4.83. The number of likely N-dealkylation sites (N-methyl/N-ethyl adjacent to an activating group) is 1. The van der Waals surface area contributed by atoms with Crippen LogP contribution in [0, 0.1) is 13.8 Å². The van der Waals surface area contributed by atoms with Gasteiger partial charge in [-0.25, -0.2) is 9.79 Å². The first-order valence-electron chi connectivity index (χ1n) is 7.88. The van der Waals surface area contributed by atoms with E-state index < -0.39 is 18.2 Å². The summed E-state index contributed by atoms with van der Waals surface area (Å²) in [6.45, 7) is 6.11. The molecule has 1 aromatic carbocycles. The van der Waals surface area contributed by atoms with Crippen molar-refractivity contribution in [2.24, 2.45) is 4.99 Å². The number of guanidine groups is 1. The third kappa shape index (κ3) is 1.87. The minimum atomic E-state index is -0.520. The molecule has 0 radical (unpaired) electrons. The number of allylic oxidation sites excluding steroid dienone is 1. The van der Waals surface area contributed by atoms with E-state index in [1.165, 1.54) is 10.5 Å². The molecular formula is C17H19N5O2. The van der Waals surface area contributed by atoms with Crippen molar-refractivity contribution in [3.05, 3.63) is 41.2 Å². The average molecular weight is 325 g/mol. The van der Waals surface area contributed by atoms with E-state index in [1.54, 1.807) is 7.05 Å². The number of carbonyl (C=O) groups excluding carboxylic acids is 2. The minimum Gasteiger partial charge on any atom is -0.303 e. The van der Waals surface area contributed by atoms with Crippen LogP contribution in [-0.2, 0) is 4.79 Å². The molecule has 24 heavy (non-hydrogen) atoms. The molecule has 7 heteroatoms. The molecule has 3 amide bonds. The molecule has 3 aliphatic rings. The molecule has 2 unspecified atom stereocenters. The van der Waals surface area contributed by atoms with Gasteiger partial charge in [0.25, 0.3) is 5.91 Å². The lowest BCUT2D eigenvalue weighted by atomic mass is 10.1. The Morgan fingerprint density at radius 1 is 1.17 bits per heavy atom. The van der Waals surface area contributed by atoms with Crippen molar-refractivity contribution in [1.82, 2.24) is 15.1 Å². The summed E-state index contributed by atoms with van der Waals surface area (Å²) in [5, 5.41) is 2.39. The van der Waals surface area contributed by atoms with Gasteiger partial charge in [0.2, 0.25) is 5.96 Å². The Labute approximate surface area is 140 Å². The van der Waals surface area contributed by atoms with Gasteiger partial charge in [0.1, 0.15) is 0 Å². The summed E-state index contributed by atoms with van der Waals surface area (Å²) in [7, 11) is 1.66. The molecule has 0 bridgehead atoms. The van der Waals surface area contributed by atoms with Crippen LogP contribution in [0.4, 0.5) is 10.5 Å². The van der Waals surface area contributed by atoms with E-state index in [9.17, 15) is 9.59 Å². The van der Waals surface area contributed by atoms with Gasteiger partial charge in [0, 0.05) is 18.9 Å². The number of fused-ring (bicyclic) bond motifs is 3. The molecule has 1 saturated heterocycles. The lowest BCUT2D eigenvalue weighted by Crippen LogP contribution is -2.62. The Hall–Kier alpha value is -2.83. The fraction of sp³-hybridized carbons (Fsp3) is 0.353. The van der Waals surface area contributed by atoms with Gasteiger partial charge < -0.3 is 9.80 Å². The molecular weight excluding hydrogens is 306 g/mol.